The van der Waals surface area contributed by atoms with Gasteiger partial charge in [-0.2, -0.15) is 0 Å². The molecule has 0 radical (unpaired) electrons. The van der Waals surface area contributed by atoms with Crippen LogP contribution >= 0.6 is 0 Å². The molecule has 38 heavy (non-hydrogen) atoms. The Kier molecular flexibility index (Phi) is 9.60. The molecule has 3 rings (SSSR count). The smallest absolute Gasteiger partial charge is 0.410 e. The van der Waals surface area contributed by atoms with Gasteiger partial charge in [-0.05, 0) is 87.6 Å². The van der Waals surface area contributed by atoms with E-state index in [1.807, 2.05) is 65.8 Å². The summed E-state index contributed by atoms with van der Waals surface area (Å²) in [5, 5.41) is 13.7. The van der Waals surface area contributed by atoms with E-state index in [4.69, 9.17) is 9.47 Å². The highest BCUT2D eigenvalue weighted by Crippen LogP contribution is 2.30. The number of nitrogens with zero attached hydrogens (tertiary/aromatic N) is 2. The van der Waals surface area contributed by atoms with E-state index >= 15 is 0 Å². The van der Waals surface area contributed by atoms with Crippen LogP contribution in [0.2, 0.25) is 0 Å². The van der Waals surface area contributed by atoms with Gasteiger partial charge in [0, 0.05) is 26.2 Å². The van der Waals surface area contributed by atoms with Crippen LogP contribution in [-0.4, -0.2) is 64.5 Å². The first-order valence-electron chi connectivity index (χ1n) is 13.3. The van der Waals surface area contributed by atoms with E-state index in [0.717, 1.165) is 27.1 Å². The molecule has 0 aliphatic heterocycles. The van der Waals surface area contributed by atoms with Crippen LogP contribution in [-0.2, 0) is 16.0 Å². The highest BCUT2D eigenvalue weighted by atomic mass is 16.6. The fraction of sp³-hybridized carbons (Fsp3) is 0.484. The van der Waals surface area contributed by atoms with Crippen molar-refractivity contribution in [2.45, 2.75) is 72.1 Å². The minimum atomic E-state index is -0.639. The predicted molar refractivity (Wildman–Crippen MR) is 152 cm³/mol. The van der Waals surface area contributed by atoms with Crippen molar-refractivity contribution in [3.63, 3.8) is 0 Å². The lowest BCUT2D eigenvalue weighted by Gasteiger charge is -2.30. The van der Waals surface area contributed by atoms with E-state index in [1.54, 1.807) is 9.80 Å². The van der Waals surface area contributed by atoms with Gasteiger partial charge in [0.2, 0.25) is 0 Å². The Morgan fingerprint density at radius 2 is 1.16 bits per heavy atom. The van der Waals surface area contributed by atoms with Gasteiger partial charge < -0.3 is 24.4 Å². The molecule has 7 nitrogen and oxygen atoms in total. The van der Waals surface area contributed by atoms with E-state index in [-0.39, 0.29) is 6.61 Å². The lowest BCUT2D eigenvalue weighted by molar-refractivity contribution is 0.0191. The largest absolute Gasteiger partial charge is 0.444 e. The third-order valence-electron chi connectivity index (χ3n) is 5.98. The Labute approximate surface area is 226 Å². The van der Waals surface area contributed by atoms with Crippen LogP contribution in [0.15, 0.2) is 54.6 Å². The van der Waals surface area contributed by atoms with Crippen LogP contribution in [0.3, 0.4) is 0 Å². The second-order valence-corrected chi connectivity index (χ2v) is 11.6. The van der Waals surface area contributed by atoms with Gasteiger partial charge in [-0.3, -0.25) is 0 Å². The SMILES string of the molecule is CC(C)(C)OC(=O)N(CCCO)CCCN(Cc1c2ccccc2cc2ccccc12)C(=O)OC(C)(C)C. The molecule has 0 aliphatic rings. The number of hydrogen-bond acceptors (Lipinski definition) is 5. The topological polar surface area (TPSA) is 79.3 Å². The maximum atomic E-state index is 13.4. The summed E-state index contributed by atoms with van der Waals surface area (Å²) in [6.45, 7) is 12.6. The fourth-order valence-corrected chi connectivity index (χ4v) is 4.37. The van der Waals surface area contributed by atoms with Crippen LogP contribution in [0.1, 0.15) is 59.9 Å². The number of aliphatic hydroxyl groups excluding tert-OH is 1. The maximum absolute atomic E-state index is 13.4. The summed E-state index contributed by atoms with van der Waals surface area (Å²) in [6, 6.07) is 18.6. The molecule has 7 heteroatoms. The van der Waals surface area contributed by atoms with Gasteiger partial charge in [0.25, 0.3) is 0 Å². The zero-order valence-electron chi connectivity index (χ0n) is 23.6. The summed E-state index contributed by atoms with van der Waals surface area (Å²) in [6.07, 6.45) is 0.174. The molecule has 0 aromatic heterocycles. The molecule has 206 valence electrons. The molecule has 1 N–H and O–H groups in total. The number of fused-ring (bicyclic) bond motifs is 2. The first-order chi connectivity index (χ1) is 17.9. The molecule has 0 aliphatic carbocycles. The lowest BCUT2D eigenvalue weighted by Crippen LogP contribution is -2.41. The van der Waals surface area contributed by atoms with Crippen molar-refractivity contribution >= 4 is 33.7 Å². The van der Waals surface area contributed by atoms with E-state index in [1.165, 1.54) is 0 Å². The standard InChI is InChI=1S/C31H42N2O5/c1-30(2,3)37-28(35)32(19-12-20-34)17-11-18-33(29(36)38-31(4,5)6)22-27-25-15-9-7-13-23(25)21-24-14-8-10-16-26(24)27/h7-10,13-16,21,34H,11-12,17-20,22H2,1-6H3. The molecule has 0 saturated heterocycles. The zero-order valence-corrected chi connectivity index (χ0v) is 23.6. The second kappa shape index (κ2) is 12.5. The van der Waals surface area contributed by atoms with E-state index < -0.39 is 23.4 Å². The van der Waals surface area contributed by atoms with Crippen LogP contribution in [0.5, 0.6) is 0 Å². The van der Waals surface area contributed by atoms with Gasteiger partial charge in [0.1, 0.15) is 11.2 Å². The normalized spacial score (nSPS) is 12.0. The zero-order chi connectivity index (χ0) is 27.9. The van der Waals surface area contributed by atoms with Crippen molar-refractivity contribution < 1.29 is 24.2 Å². The Balaban J connectivity index is 1.88. The molecule has 0 saturated carbocycles. The molecule has 0 spiro atoms. The summed E-state index contributed by atoms with van der Waals surface area (Å²) >= 11 is 0. The number of amides is 2. The van der Waals surface area contributed by atoms with Crippen molar-refractivity contribution in [1.29, 1.82) is 0 Å². The lowest BCUT2D eigenvalue weighted by atomic mass is 9.96. The van der Waals surface area contributed by atoms with Gasteiger partial charge in [0.05, 0.1) is 6.54 Å². The van der Waals surface area contributed by atoms with Crippen LogP contribution in [0.4, 0.5) is 9.59 Å². The fourth-order valence-electron chi connectivity index (χ4n) is 4.37. The summed E-state index contributed by atoms with van der Waals surface area (Å²) in [5.74, 6) is 0. The molecule has 0 heterocycles. The van der Waals surface area contributed by atoms with Gasteiger partial charge in [0.15, 0.2) is 0 Å². The molecule has 0 unspecified atom stereocenters. The third kappa shape index (κ3) is 8.35. The van der Waals surface area contributed by atoms with Gasteiger partial charge in [-0.1, -0.05) is 48.5 Å². The monoisotopic (exact) mass is 522 g/mol. The van der Waals surface area contributed by atoms with Crippen molar-refractivity contribution in [3.8, 4) is 0 Å². The van der Waals surface area contributed by atoms with Crippen molar-refractivity contribution in [2.75, 3.05) is 26.2 Å². The number of benzene rings is 3. The Morgan fingerprint density at radius 3 is 1.66 bits per heavy atom. The van der Waals surface area contributed by atoms with Crippen molar-refractivity contribution in [1.82, 2.24) is 9.80 Å². The predicted octanol–water partition coefficient (Wildman–Crippen LogP) is 6.74. The number of carbonyl (C=O) groups excluding carboxylic acids is 2. The second-order valence-electron chi connectivity index (χ2n) is 11.6. The third-order valence-corrected chi connectivity index (χ3v) is 5.98. The molecule has 3 aromatic carbocycles. The minimum Gasteiger partial charge on any atom is -0.444 e. The minimum absolute atomic E-state index is 0.0164. The van der Waals surface area contributed by atoms with Gasteiger partial charge >= 0.3 is 12.2 Å². The highest BCUT2D eigenvalue weighted by Gasteiger charge is 2.25. The average molecular weight is 523 g/mol. The summed E-state index contributed by atoms with van der Waals surface area (Å²) in [4.78, 5) is 29.5. The van der Waals surface area contributed by atoms with Crippen molar-refractivity contribution in [3.05, 3.63) is 60.2 Å². The van der Waals surface area contributed by atoms with Crippen LogP contribution < -0.4 is 0 Å². The number of rotatable bonds is 9. The Morgan fingerprint density at radius 1 is 0.711 bits per heavy atom. The van der Waals surface area contributed by atoms with E-state index in [2.05, 4.69) is 30.3 Å². The first-order valence-corrected chi connectivity index (χ1v) is 13.3. The number of carbonyl (C=O) groups is 2. The molecule has 2 amide bonds. The Hall–Kier alpha value is -3.32. The van der Waals surface area contributed by atoms with Crippen LogP contribution in [0.25, 0.3) is 21.5 Å². The number of hydrogen-bond donors (Lipinski definition) is 1. The molecule has 3 aromatic rings. The first kappa shape index (κ1) is 29.2. The average Bonchev–Trinajstić information content (AvgIpc) is 2.82. The Bertz CT molecular complexity index is 1190. The molecular weight excluding hydrogens is 480 g/mol. The van der Waals surface area contributed by atoms with Crippen LogP contribution in [0, 0.1) is 0 Å². The molecule has 0 bridgehead atoms. The molecule has 0 fully saturated rings. The maximum Gasteiger partial charge on any atom is 0.410 e. The van der Waals surface area contributed by atoms with Gasteiger partial charge in [-0.15, -0.1) is 0 Å². The van der Waals surface area contributed by atoms with E-state index in [9.17, 15) is 14.7 Å². The van der Waals surface area contributed by atoms with Gasteiger partial charge in [-0.25, -0.2) is 9.59 Å². The number of ether oxygens (including phenoxy) is 2. The highest BCUT2D eigenvalue weighted by molar-refractivity contribution is 6.02. The molecular formula is C31H42N2O5. The summed E-state index contributed by atoms with van der Waals surface area (Å²) in [7, 11) is 0. The number of aliphatic hydroxyl groups is 1. The van der Waals surface area contributed by atoms with E-state index in [0.29, 0.717) is 39.0 Å². The summed E-state index contributed by atoms with van der Waals surface area (Å²) in [5.41, 5.74) is -0.194. The van der Waals surface area contributed by atoms with Crippen molar-refractivity contribution in [2.24, 2.45) is 0 Å². The quantitative estimate of drug-likeness (QED) is 0.315. The molecule has 0 atom stereocenters. The summed E-state index contributed by atoms with van der Waals surface area (Å²) < 4.78 is 11.3.